The molecule has 1 N–H and O–H groups in total. The molecule has 1 atom stereocenters. The van der Waals surface area contributed by atoms with Crippen LogP contribution in [-0.2, 0) is 14.8 Å². The third-order valence-electron chi connectivity index (χ3n) is 3.18. The molecule has 0 amide bonds. The topological polar surface area (TPSA) is 74.7 Å². The molecule has 0 aromatic heterocycles. The Morgan fingerprint density at radius 3 is 2.45 bits per heavy atom. The first-order valence-corrected chi connectivity index (χ1v) is 7.44. The summed E-state index contributed by atoms with van der Waals surface area (Å²) in [5, 5.41) is 8.77. The predicted molar refractivity (Wildman–Crippen MR) is 65.5 cm³/mol. The molecule has 0 aliphatic carbocycles. The highest BCUT2D eigenvalue weighted by Gasteiger charge is 2.36. The van der Waals surface area contributed by atoms with Gasteiger partial charge in [-0.2, -0.15) is 4.31 Å². The van der Waals surface area contributed by atoms with Crippen molar-refractivity contribution in [2.24, 2.45) is 0 Å². The maximum atomic E-state index is 13.1. The van der Waals surface area contributed by atoms with E-state index in [-0.39, 0.29) is 13.0 Å². The van der Waals surface area contributed by atoms with Crippen LogP contribution in [0.3, 0.4) is 0 Å². The molecule has 8 heteroatoms. The third kappa shape index (κ3) is 2.96. The van der Waals surface area contributed by atoms with Gasteiger partial charge in [-0.25, -0.2) is 17.2 Å². The lowest BCUT2D eigenvalue weighted by Gasteiger charge is -2.22. The number of carboxylic acid groups (broad SMARTS) is 1. The van der Waals surface area contributed by atoms with Gasteiger partial charge in [0, 0.05) is 18.7 Å². The highest BCUT2D eigenvalue weighted by molar-refractivity contribution is 7.89. The first kappa shape index (κ1) is 14.9. The van der Waals surface area contributed by atoms with Gasteiger partial charge < -0.3 is 5.11 Å². The number of sulfonamides is 1. The van der Waals surface area contributed by atoms with E-state index >= 15 is 0 Å². The Labute approximate surface area is 114 Å². The molecule has 1 unspecified atom stereocenters. The second kappa shape index (κ2) is 5.45. The number of hydrogen-bond donors (Lipinski definition) is 1. The SMILES string of the molecule is O=C(O)CC1CCCN1S(=O)(=O)c1cc(F)cc(F)c1. The standard InChI is InChI=1S/C12H13F2NO4S/c13-8-4-9(14)6-11(5-8)20(18,19)15-3-1-2-10(15)7-12(16)17/h4-6,10H,1-3,7H2,(H,16,17). The third-order valence-corrected chi connectivity index (χ3v) is 5.11. The summed E-state index contributed by atoms with van der Waals surface area (Å²) in [5.74, 6) is -3.09. The predicted octanol–water partition coefficient (Wildman–Crippen LogP) is 1.59. The molecule has 1 aromatic rings. The van der Waals surface area contributed by atoms with Crippen LogP contribution in [-0.4, -0.2) is 36.4 Å². The molecule has 1 heterocycles. The first-order valence-electron chi connectivity index (χ1n) is 6.00. The molecule has 1 saturated heterocycles. The second-order valence-electron chi connectivity index (χ2n) is 4.61. The van der Waals surface area contributed by atoms with Crippen molar-refractivity contribution in [2.75, 3.05) is 6.54 Å². The average molecular weight is 305 g/mol. The molecule has 5 nitrogen and oxygen atoms in total. The molecule has 0 spiro atoms. The van der Waals surface area contributed by atoms with Crippen LogP contribution in [0.25, 0.3) is 0 Å². The molecular formula is C12H13F2NO4S. The summed E-state index contributed by atoms with van der Waals surface area (Å²) in [6, 6.07) is 1.37. The molecule has 1 fully saturated rings. The van der Waals surface area contributed by atoms with Crippen LogP contribution in [0, 0.1) is 11.6 Å². The van der Waals surface area contributed by atoms with Gasteiger partial charge in [0.05, 0.1) is 11.3 Å². The lowest BCUT2D eigenvalue weighted by Crippen LogP contribution is -2.36. The van der Waals surface area contributed by atoms with E-state index in [0.717, 1.165) is 16.4 Å². The zero-order valence-corrected chi connectivity index (χ0v) is 11.2. The maximum Gasteiger partial charge on any atom is 0.304 e. The van der Waals surface area contributed by atoms with Crippen LogP contribution in [0.4, 0.5) is 8.78 Å². The van der Waals surface area contributed by atoms with E-state index in [0.29, 0.717) is 18.9 Å². The molecule has 110 valence electrons. The smallest absolute Gasteiger partial charge is 0.304 e. The number of carboxylic acids is 1. The molecule has 1 aliphatic heterocycles. The highest BCUT2D eigenvalue weighted by Crippen LogP contribution is 2.28. The molecule has 0 radical (unpaired) electrons. The van der Waals surface area contributed by atoms with Crippen LogP contribution in [0.15, 0.2) is 23.1 Å². The normalized spacial score (nSPS) is 20.2. The van der Waals surface area contributed by atoms with Crippen molar-refractivity contribution in [3.8, 4) is 0 Å². The zero-order valence-electron chi connectivity index (χ0n) is 10.4. The van der Waals surface area contributed by atoms with E-state index in [1.807, 2.05) is 0 Å². The minimum atomic E-state index is -4.09. The Balaban J connectivity index is 2.36. The van der Waals surface area contributed by atoms with E-state index in [1.165, 1.54) is 0 Å². The molecule has 1 aliphatic rings. The molecule has 2 rings (SSSR count). The Morgan fingerprint density at radius 1 is 1.30 bits per heavy atom. The van der Waals surface area contributed by atoms with E-state index in [1.54, 1.807) is 0 Å². The Kier molecular flexibility index (Phi) is 4.05. The number of carbonyl (C=O) groups is 1. The van der Waals surface area contributed by atoms with Crippen molar-refractivity contribution in [3.63, 3.8) is 0 Å². The first-order chi connectivity index (χ1) is 9.30. The van der Waals surface area contributed by atoms with Crippen LogP contribution in [0.5, 0.6) is 0 Å². The summed E-state index contributed by atoms with van der Waals surface area (Å²) in [6.45, 7) is 0.151. The minimum Gasteiger partial charge on any atom is -0.481 e. The molecular weight excluding hydrogens is 292 g/mol. The fourth-order valence-corrected chi connectivity index (χ4v) is 4.08. The lowest BCUT2D eigenvalue weighted by molar-refractivity contribution is -0.137. The number of nitrogens with zero attached hydrogens (tertiary/aromatic N) is 1. The fourth-order valence-electron chi connectivity index (χ4n) is 2.34. The summed E-state index contributed by atoms with van der Waals surface area (Å²) in [7, 11) is -4.09. The van der Waals surface area contributed by atoms with Crippen LogP contribution in [0.2, 0.25) is 0 Å². The van der Waals surface area contributed by atoms with Crippen molar-refractivity contribution in [2.45, 2.75) is 30.2 Å². The second-order valence-corrected chi connectivity index (χ2v) is 6.51. The van der Waals surface area contributed by atoms with Gasteiger partial charge in [0.25, 0.3) is 0 Å². The van der Waals surface area contributed by atoms with E-state index in [9.17, 15) is 22.0 Å². The monoisotopic (exact) mass is 305 g/mol. The summed E-state index contributed by atoms with van der Waals surface area (Å²) < 4.78 is 51.9. The van der Waals surface area contributed by atoms with Gasteiger partial charge in [-0.3, -0.25) is 4.79 Å². The van der Waals surface area contributed by atoms with Crippen molar-refractivity contribution in [1.82, 2.24) is 4.31 Å². The number of aliphatic carboxylic acids is 1. The van der Waals surface area contributed by atoms with Gasteiger partial charge in [0.15, 0.2) is 0 Å². The van der Waals surface area contributed by atoms with E-state index < -0.39 is 38.6 Å². The largest absolute Gasteiger partial charge is 0.481 e. The quantitative estimate of drug-likeness (QED) is 0.916. The minimum absolute atomic E-state index is 0.151. The average Bonchev–Trinajstić information content (AvgIpc) is 2.75. The van der Waals surface area contributed by atoms with E-state index in [4.69, 9.17) is 5.11 Å². The molecule has 0 saturated carbocycles. The highest BCUT2D eigenvalue weighted by atomic mass is 32.2. The van der Waals surface area contributed by atoms with Gasteiger partial charge >= 0.3 is 5.97 Å². The number of benzene rings is 1. The van der Waals surface area contributed by atoms with E-state index in [2.05, 4.69) is 0 Å². The summed E-state index contributed by atoms with van der Waals surface area (Å²) in [6.07, 6.45) is 0.620. The summed E-state index contributed by atoms with van der Waals surface area (Å²) in [4.78, 5) is 10.2. The number of halogens is 2. The van der Waals surface area contributed by atoms with Gasteiger partial charge in [-0.05, 0) is 25.0 Å². The van der Waals surface area contributed by atoms with Crippen molar-refractivity contribution >= 4 is 16.0 Å². The molecule has 1 aromatic carbocycles. The maximum absolute atomic E-state index is 13.1. The van der Waals surface area contributed by atoms with Crippen molar-refractivity contribution in [1.29, 1.82) is 0 Å². The molecule has 20 heavy (non-hydrogen) atoms. The Bertz CT molecular complexity index is 612. The number of rotatable bonds is 4. The summed E-state index contributed by atoms with van der Waals surface area (Å²) in [5.41, 5.74) is 0. The Hall–Kier alpha value is -1.54. The lowest BCUT2D eigenvalue weighted by atomic mass is 10.2. The van der Waals surface area contributed by atoms with Gasteiger partial charge in [0.2, 0.25) is 10.0 Å². The zero-order chi connectivity index (χ0) is 14.9. The van der Waals surface area contributed by atoms with Crippen molar-refractivity contribution in [3.05, 3.63) is 29.8 Å². The fraction of sp³-hybridized carbons (Fsp3) is 0.417. The molecule has 0 bridgehead atoms. The van der Waals surface area contributed by atoms with Crippen LogP contribution < -0.4 is 0 Å². The van der Waals surface area contributed by atoms with Gasteiger partial charge in [-0.15, -0.1) is 0 Å². The van der Waals surface area contributed by atoms with Gasteiger partial charge in [0.1, 0.15) is 11.6 Å². The number of hydrogen-bond acceptors (Lipinski definition) is 3. The van der Waals surface area contributed by atoms with Crippen LogP contribution >= 0.6 is 0 Å². The Morgan fingerprint density at radius 2 is 1.90 bits per heavy atom. The van der Waals surface area contributed by atoms with Gasteiger partial charge in [-0.1, -0.05) is 0 Å². The van der Waals surface area contributed by atoms with Crippen molar-refractivity contribution < 1.29 is 27.1 Å². The van der Waals surface area contributed by atoms with Crippen LogP contribution in [0.1, 0.15) is 19.3 Å². The summed E-state index contributed by atoms with van der Waals surface area (Å²) >= 11 is 0.